The van der Waals surface area contributed by atoms with Crippen LogP contribution in [0.3, 0.4) is 0 Å². The Morgan fingerprint density at radius 1 is 1.08 bits per heavy atom. The summed E-state index contributed by atoms with van der Waals surface area (Å²) >= 11 is 5.97. The minimum absolute atomic E-state index is 0.381. The van der Waals surface area contributed by atoms with Gasteiger partial charge in [-0.3, -0.25) is 9.69 Å². The lowest BCUT2D eigenvalue weighted by atomic mass is 10.1. The average molecular weight is 530 g/mol. The molecular formula is C29H32ClN7O. The normalized spacial score (nSPS) is 15.1. The van der Waals surface area contributed by atoms with Crippen LogP contribution in [-0.4, -0.2) is 65.6 Å². The third kappa shape index (κ3) is 5.98. The number of nitrogens with two attached hydrogens (primary N) is 1. The molecule has 38 heavy (non-hydrogen) atoms. The van der Waals surface area contributed by atoms with Gasteiger partial charge in [-0.2, -0.15) is 5.10 Å². The molecule has 2 fully saturated rings. The molecule has 196 valence electrons. The van der Waals surface area contributed by atoms with Gasteiger partial charge in [-0.05, 0) is 54.3 Å². The fraction of sp³-hybridized carbons (Fsp3) is 0.276. The molecule has 0 atom stereocenters. The Hall–Kier alpha value is -3.88. The van der Waals surface area contributed by atoms with E-state index in [4.69, 9.17) is 17.3 Å². The highest BCUT2D eigenvalue weighted by Crippen LogP contribution is 2.30. The molecule has 3 heterocycles. The molecule has 9 heteroatoms. The summed E-state index contributed by atoms with van der Waals surface area (Å²) in [5.74, 6) is 0. The van der Waals surface area contributed by atoms with Crippen LogP contribution in [0.1, 0.15) is 23.3 Å². The number of rotatable bonds is 6. The molecule has 4 aromatic rings. The molecule has 2 aliphatic rings. The Kier molecular flexibility index (Phi) is 7.91. The van der Waals surface area contributed by atoms with E-state index in [1.807, 2.05) is 25.2 Å². The van der Waals surface area contributed by atoms with E-state index in [9.17, 15) is 4.79 Å². The summed E-state index contributed by atoms with van der Waals surface area (Å²) < 4.78 is 1.63. The Morgan fingerprint density at radius 3 is 2.58 bits per heavy atom. The van der Waals surface area contributed by atoms with Crippen molar-refractivity contribution in [1.29, 1.82) is 0 Å². The third-order valence-electron chi connectivity index (χ3n) is 6.88. The van der Waals surface area contributed by atoms with Gasteiger partial charge >= 0.3 is 0 Å². The van der Waals surface area contributed by atoms with E-state index in [2.05, 4.69) is 49.5 Å². The van der Waals surface area contributed by atoms with Gasteiger partial charge in [-0.15, -0.1) is 0 Å². The number of piperazine rings is 1. The van der Waals surface area contributed by atoms with E-state index in [1.165, 1.54) is 29.8 Å². The number of benzene rings is 2. The fourth-order valence-electron chi connectivity index (χ4n) is 4.65. The summed E-state index contributed by atoms with van der Waals surface area (Å²) in [5, 5.41) is 8.12. The fourth-order valence-corrected chi connectivity index (χ4v) is 4.84. The van der Waals surface area contributed by atoms with E-state index in [0.717, 1.165) is 55.8 Å². The molecule has 1 saturated heterocycles. The van der Waals surface area contributed by atoms with E-state index in [-0.39, 0.29) is 0 Å². The standard InChI is InChI=1S/C16H24N4.C13H8ClN3O/c1-18-15-4-2-3-5-16(15)20-10-8-19(9-11-20)12-14(17)13-6-7-13;14-10-3-1-2-9(6-10)12-7-15-17-5-4-11(8-18)16-13(12)17/h2-5,18H,6-12,17H2,1H3;1-8H. The first-order chi connectivity index (χ1) is 18.6. The third-order valence-corrected chi connectivity index (χ3v) is 7.12. The van der Waals surface area contributed by atoms with Gasteiger partial charge in [0, 0.05) is 62.3 Å². The summed E-state index contributed by atoms with van der Waals surface area (Å²) in [6.07, 6.45) is 6.58. The first-order valence-corrected chi connectivity index (χ1v) is 13.2. The first-order valence-electron chi connectivity index (χ1n) is 12.8. The maximum Gasteiger partial charge on any atom is 0.168 e. The monoisotopic (exact) mass is 529 g/mol. The number of fused-ring (bicyclic) bond motifs is 1. The van der Waals surface area contributed by atoms with Gasteiger partial charge in [0.1, 0.15) is 5.69 Å². The van der Waals surface area contributed by atoms with Crippen LogP contribution < -0.4 is 16.0 Å². The van der Waals surface area contributed by atoms with E-state index in [1.54, 1.807) is 29.0 Å². The van der Waals surface area contributed by atoms with Crippen LogP contribution in [0.15, 0.2) is 78.3 Å². The summed E-state index contributed by atoms with van der Waals surface area (Å²) in [7, 11) is 1.98. The number of anilines is 2. The minimum Gasteiger partial charge on any atom is -0.401 e. The molecule has 1 aliphatic carbocycles. The van der Waals surface area contributed by atoms with Gasteiger partial charge < -0.3 is 16.0 Å². The number of carbonyl (C=O) groups excluding carboxylic acids is 1. The van der Waals surface area contributed by atoms with Gasteiger partial charge in [0.15, 0.2) is 11.9 Å². The van der Waals surface area contributed by atoms with Gasteiger partial charge in [0.25, 0.3) is 0 Å². The number of aromatic nitrogens is 3. The number of hydrogen-bond donors (Lipinski definition) is 2. The van der Waals surface area contributed by atoms with Crippen LogP contribution in [0.4, 0.5) is 11.4 Å². The van der Waals surface area contributed by atoms with Crippen LogP contribution in [0.2, 0.25) is 5.02 Å². The summed E-state index contributed by atoms with van der Waals surface area (Å²) in [5.41, 5.74) is 14.0. The number of para-hydroxylation sites is 2. The zero-order valence-corrected chi connectivity index (χ0v) is 22.2. The van der Waals surface area contributed by atoms with E-state index < -0.39 is 0 Å². The Balaban J connectivity index is 0.000000156. The lowest BCUT2D eigenvalue weighted by molar-refractivity contribution is 0.111. The molecule has 0 unspecified atom stereocenters. The zero-order chi connectivity index (χ0) is 26.5. The van der Waals surface area contributed by atoms with Crippen molar-refractivity contribution in [3.8, 4) is 11.1 Å². The van der Waals surface area contributed by atoms with Crippen molar-refractivity contribution in [2.24, 2.45) is 5.73 Å². The maximum atomic E-state index is 10.8. The van der Waals surface area contributed by atoms with Crippen LogP contribution in [-0.2, 0) is 0 Å². The van der Waals surface area contributed by atoms with Crippen molar-refractivity contribution in [3.05, 3.63) is 89.0 Å². The van der Waals surface area contributed by atoms with E-state index >= 15 is 0 Å². The Bertz CT molecular complexity index is 1450. The molecule has 0 radical (unpaired) electrons. The van der Waals surface area contributed by atoms with Gasteiger partial charge in [0.05, 0.1) is 17.6 Å². The summed E-state index contributed by atoms with van der Waals surface area (Å²) in [6.45, 7) is 5.28. The van der Waals surface area contributed by atoms with Crippen LogP contribution in [0.25, 0.3) is 16.8 Å². The van der Waals surface area contributed by atoms with Crippen molar-refractivity contribution in [1.82, 2.24) is 19.5 Å². The van der Waals surface area contributed by atoms with Crippen molar-refractivity contribution in [2.75, 3.05) is 50.0 Å². The number of hydrogen-bond acceptors (Lipinski definition) is 7. The molecule has 2 aromatic carbocycles. The molecule has 6 rings (SSSR count). The molecule has 0 bridgehead atoms. The lowest BCUT2D eigenvalue weighted by Crippen LogP contribution is -2.47. The molecular weight excluding hydrogens is 498 g/mol. The highest BCUT2D eigenvalue weighted by atomic mass is 35.5. The van der Waals surface area contributed by atoms with Crippen LogP contribution >= 0.6 is 11.6 Å². The molecule has 1 saturated carbocycles. The van der Waals surface area contributed by atoms with Crippen molar-refractivity contribution < 1.29 is 4.79 Å². The SMILES string of the molecule is CNc1ccccc1N1CCN(CC(N)=C2CC2)CC1.O=Cc1ccn2ncc(-c3cccc(Cl)c3)c2n1. The predicted octanol–water partition coefficient (Wildman–Crippen LogP) is 4.72. The molecule has 0 amide bonds. The number of allylic oxidation sites excluding steroid dienone is 1. The smallest absolute Gasteiger partial charge is 0.168 e. The molecule has 8 nitrogen and oxygen atoms in total. The molecule has 0 spiro atoms. The Labute approximate surface area is 227 Å². The van der Waals surface area contributed by atoms with Crippen molar-refractivity contribution in [2.45, 2.75) is 12.8 Å². The molecule has 2 aromatic heterocycles. The second-order valence-corrected chi connectivity index (χ2v) is 9.90. The minimum atomic E-state index is 0.381. The van der Waals surface area contributed by atoms with Gasteiger partial charge in [-0.1, -0.05) is 35.9 Å². The van der Waals surface area contributed by atoms with Crippen molar-refractivity contribution in [3.63, 3.8) is 0 Å². The summed E-state index contributed by atoms with van der Waals surface area (Å²) in [4.78, 5) is 19.9. The Morgan fingerprint density at radius 2 is 1.87 bits per heavy atom. The number of nitrogens with one attached hydrogen (secondary N) is 1. The zero-order valence-electron chi connectivity index (χ0n) is 21.5. The number of halogens is 1. The van der Waals surface area contributed by atoms with Crippen LogP contribution in [0, 0.1) is 0 Å². The number of nitrogens with zero attached hydrogens (tertiary/aromatic N) is 5. The second kappa shape index (κ2) is 11.7. The number of aldehydes is 1. The molecule has 1 aliphatic heterocycles. The lowest BCUT2D eigenvalue weighted by Gasteiger charge is -2.37. The average Bonchev–Trinajstić information content (AvgIpc) is 3.73. The largest absolute Gasteiger partial charge is 0.401 e. The van der Waals surface area contributed by atoms with Gasteiger partial charge in [0.2, 0.25) is 0 Å². The first kappa shape index (κ1) is 25.8. The predicted molar refractivity (Wildman–Crippen MR) is 154 cm³/mol. The maximum absolute atomic E-state index is 10.8. The summed E-state index contributed by atoms with van der Waals surface area (Å²) in [6, 6.07) is 17.6. The quantitative estimate of drug-likeness (QED) is 0.349. The van der Waals surface area contributed by atoms with Crippen LogP contribution in [0.5, 0.6) is 0 Å². The highest BCUT2D eigenvalue weighted by molar-refractivity contribution is 6.30. The number of carbonyl (C=O) groups is 1. The van der Waals surface area contributed by atoms with E-state index in [0.29, 0.717) is 16.4 Å². The topological polar surface area (TPSA) is 91.8 Å². The molecule has 3 N–H and O–H groups in total. The van der Waals surface area contributed by atoms with Crippen molar-refractivity contribution >= 4 is 34.9 Å². The highest BCUT2D eigenvalue weighted by Gasteiger charge is 2.22. The second-order valence-electron chi connectivity index (χ2n) is 9.47. The van der Waals surface area contributed by atoms with Gasteiger partial charge in [-0.25, -0.2) is 9.50 Å².